The zero-order chi connectivity index (χ0) is 13.2. The molecule has 1 atom stereocenters. The van der Waals surface area contributed by atoms with Crippen molar-refractivity contribution in [1.82, 2.24) is 10.3 Å². The summed E-state index contributed by atoms with van der Waals surface area (Å²) in [4.78, 5) is 25.6. The molecule has 0 aromatic carbocycles. The standard InChI is InChI=1S/C12H18N2O3/c1-5-6(2)13-11(15)9-7(3)10(12(16)17)14-8(9)4/h6,14H,5H2,1-4H3,(H,13,15)(H,16,17). The van der Waals surface area contributed by atoms with Gasteiger partial charge in [-0.15, -0.1) is 0 Å². The Hall–Kier alpha value is -1.78. The van der Waals surface area contributed by atoms with Gasteiger partial charge in [0.25, 0.3) is 5.91 Å². The van der Waals surface area contributed by atoms with Crippen LogP contribution in [0.1, 0.15) is 52.4 Å². The minimum Gasteiger partial charge on any atom is -0.477 e. The number of carbonyl (C=O) groups is 2. The van der Waals surface area contributed by atoms with Crippen LogP contribution in [0, 0.1) is 13.8 Å². The lowest BCUT2D eigenvalue weighted by atomic mass is 10.1. The predicted octanol–water partition coefficient (Wildman–Crippen LogP) is 1.86. The van der Waals surface area contributed by atoms with E-state index in [1.165, 1.54) is 0 Å². The lowest BCUT2D eigenvalue weighted by Crippen LogP contribution is -2.32. The summed E-state index contributed by atoms with van der Waals surface area (Å²) >= 11 is 0. The Kier molecular flexibility index (Phi) is 3.93. The molecule has 0 saturated heterocycles. The van der Waals surface area contributed by atoms with Crippen molar-refractivity contribution >= 4 is 11.9 Å². The molecule has 17 heavy (non-hydrogen) atoms. The SMILES string of the molecule is CCC(C)NC(=O)c1c(C)[nH]c(C(=O)O)c1C. The molecule has 94 valence electrons. The molecule has 0 bridgehead atoms. The fourth-order valence-corrected chi connectivity index (χ4v) is 1.70. The molecule has 1 heterocycles. The van der Waals surface area contributed by atoms with Crippen molar-refractivity contribution in [2.45, 2.75) is 40.2 Å². The zero-order valence-corrected chi connectivity index (χ0v) is 10.5. The van der Waals surface area contributed by atoms with Gasteiger partial charge in [-0.2, -0.15) is 0 Å². The summed E-state index contributed by atoms with van der Waals surface area (Å²) in [5.74, 6) is -1.27. The number of rotatable bonds is 4. The molecule has 0 saturated carbocycles. The summed E-state index contributed by atoms with van der Waals surface area (Å²) in [6.07, 6.45) is 0.833. The van der Waals surface area contributed by atoms with Crippen molar-refractivity contribution in [3.8, 4) is 0 Å². The number of carboxylic acid groups (broad SMARTS) is 1. The van der Waals surface area contributed by atoms with Gasteiger partial charge in [-0.3, -0.25) is 4.79 Å². The molecule has 5 nitrogen and oxygen atoms in total. The molecule has 1 aromatic rings. The van der Waals surface area contributed by atoms with Crippen LogP contribution in [-0.2, 0) is 0 Å². The minimum atomic E-state index is -1.05. The zero-order valence-electron chi connectivity index (χ0n) is 10.5. The van der Waals surface area contributed by atoms with E-state index in [1.807, 2.05) is 13.8 Å². The second-order valence-corrected chi connectivity index (χ2v) is 4.21. The van der Waals surface area contributed by atoms with E-state index in [1.54, 1.807) is 13.8 Å². The van der Waals surface area contributed by atoms with Crippen LogP contribution in [0.2, 0.25) is 0 Å². The fourth-order valence-electron chi connectivity index (χ4n) is 1.70. The normalized spacial score (nSPS) is 12.2. The summed E-state index contributed by atoms with van der Waals surface area (Å²) in [6, 6.07) is 0.0736. The topological polar surface area (TPSA) is 82.2 Å². The Morgan fingerprint density at radius 3 is 2.41 bits per heavy atom. The van der Waals surface area contributed by atoms with Gasteiger partial charge in [0.1, 0.15) is 5.69 Å². The van der Waals surface area contributed by atoms with Crippen LogP contribution >= 0.6 is 0 Å². The first-order valence-electron chi connectivity index (χ1n) is 5.61. The highest BCUT2D eigenvalue weighted by Gasteiger charge is 2.21. The number of aryl methyl sites for hydroxylation is 1. The molecule has 0 fully saturated rings. The lowest BCUT2D eigenvalue weighted by Gasteiger charge is -2.11. The van der Waals surface area contributed by atoms with Crippen LogP contribution < -0.4 is 5.32 Å². The first-order chi connectivity index (χ1) is 7.88. The third-order valence-electron chi connectivity index (χ3n) is 2.87. The molecule has 0 radical (unpaired) electrons. The fraction of sp³-hybridized carbons (Fsp3) is 0.500. The third kappa shape index (κ3) is 2.67. The van der Waals surface area contributed by atoms with E-state index in [2.05, 4.69) is 10.3 Å². The van der Waals surface area contributed by atoms with E-state index in [4.69, 9.17) is 5.11 Å². The van der Waals surface area contributed by atoms with Gasteiger partial charge in [0.15, 0.2) is 0 Å². The average Bonchev–Trinajstić information content (AvgIpc) is 2.54. The second-order valence-electron chi connectivity index (χ2n) is 4.21. The van der Waals surface area contributed by atoms with Gasteiger partial charge in [0.05, 0.1) is 5.56 Å². The van der Waals surface area contributed by atoms with Crippen molar-refractivity contribution in [2.75, 3.05) is 0 Å². The maximum Gasteiger partial charge on any atom is 0.352 e. The highest BCUT2D eigenvalue weighted by atomic mass is 16.4. The monoisotopic (exact) mass is 238 g/mol. The van der Waals surface area contributed by atoms with Gasteiger partial charge >= 0.3 is 5.97 Å². The molecule has 0 spiro atoms. The Bertz CT molecular complexity index is 449. The molecule has 5 heteroatoms. The number of nitrogens with one attached hydrogen (secondary N) is 2. The number of H-pyrrole nitrogens is 1. The van der Waals surface area contributed by atoms with Crippen LogP contribution in [-0.4, -0.2) is 28.0 Å². The number of hydrogen-bond acceptors (Lipinski definition) is 2. The van der Waals surface area contributed by atoms with Gasteiger partial charge in [-0.25, -0.2) is 4.79 Å². The molecule has 0 aliphatic carbocycles. The van der Waals surface area contributed by atoms with Crippen LogP contribution in [0.3, 0.4) is 0 Å². The number of aromatic amines is 1. The highest BCUT2D eigenvalue weighted by Crippen LogP contribution is 2.18. The van der Waals surface area contributed by atoms with Gasteiger partial charge < -0.3 is 15.4 Å². The average molecular weight is 238 g/mol. The summed E-state index contributed by atoms with van der Waals surface area (Å²) < 4.78 is 0. The number of amides is 1. The second kappa shape index (κ2) is 5.03. The van der Waals surface area contributed by atoms with Crippen molar-refractivity contribution in [3.63, 3.8) is 0 Å². The minimum absolute atomic E-state index is 0.0736. The molecular formula is C12H18N2O3. The Balaban J connectivity index is 3.06. The first-order valence-corrected chi connectivity index (χ1v) is 5.61. The third-order valence-corrected chi connectivity index (χ3v) is 2.87. The number of hydrogen-bond donors (Lipinski definition) is 3. The Morgan fingerprint density at radius 1 is 1.41 bits per heavy atom. The van der Waals surface area contributed by atoms with Gasteiger partial charge in [0, 0.05) is 11.7 Å². The quantitative estimate of drug-likeness (QED) is 0.748. The summed E-state index contributed by atoms with van der Waals surface area (Å²) in [5.41, 5.74) is 1.58. The van der Waals surface area contributed by atoms with Crippen LogP contribution in [0.5, 0.6) is 0 Å². The Labute approximate surface area is 100 Å². The molecule has 0 aliphatic heterocycles. The van der Waals surface area contributed by atoms with Crippen molar-refractivity contribution in [3.05, 3.63) is 22.5 Å². The number of aromatic nitrogens is 1. The molecular weight excluding hydrogens is 220 g/mol. The van der Waals surface area contributed by atoms with E-state index < -0.39 is 5.97 Å². The van der Waals surface area contributed by atoms with E-state index in [0.29, 0.717) is 16.8 Å². The van der Waals surface area contributed by atoms with Crippen LogP contribution in [0.4, 0.5) is 0 Å². The predicted molar refractivity (Wildman–Crippen MR) is 64.4 cm³/mol. The van der Waals surface area contributed by atoms with Gasteiger partial charge in [-0.1, -0.05) is 6.92 Å². The molecule has 1 unspecified atom stereocenters. The van der Waals surface area contributed by atoms with Gasteiger partial charge in [-0.05, 0) is 32.8 Å². The van der Waals surface area contributed by atoms with E-state index in [-0.39, 0.29) is 17.6 Å². The lowest BCUT2D eigenvalue weighted by molar-refractivity contribution is 0.0690. The van der Waals surface area contributed by atoms with Crippen molar-refractivity contribution in [1.29, 1.82) is 0 Å². The maximum atomic E-state index is 12.0. The number of carboxylic acids is 1. The Morgan fingerprint density at radius 2 is 2.00 bits per heavy atom. The number of carbonyl (C=O) groups excluding carboxylic acids is 1. The maximum absolute atomic E-state index is 12.0. The molecule has 1 amide bonds. The van der Waals surface area contributed by atoms with Crippen molar-refractivity contribution in [2.24, 2.45) is 0 Å². The van der Waals surface area contributed by atoms with Gasteiger partial charge in [0.2, 0.25) is 0 Å². The largest absolute Gasteiger partial charge is 0.477 e. The summed E-state index contributed by atoms with van der Waals surface area (Å²) in [6.45, 7) is 7.22. The number of aromatic carboxylic acids is 1. The van der Waals surface area contributed by atoms with Crippen LogP contribution in [0.15, 0.2) is 0 Å². The van der Waals surface area contributed by atoms with E-state index in [0.717, 1.165) is 6.42 Å². The summed E-state index contributed by atoms with van der Waals surface area (Å²) in [5, 5.41) is 11.8. The van der Waals surface area contributed by atoms with Crippen molar-refractivity contribution < 1.29 is 14.7 Å². The molecule has 3 N–H and O–H groups in total. The van der Waals surface area contributed by atoms with E-state index in [9.17, 15) is 9.59 Å². The molecule has 1 aromatic heterocycles. The summed E-state index contributed by atoms with van der Waals surface area (Å²) in [7, 11) is 0. The van der Waals surface area contributed by atoms with E-state index >= 15 is 0 Å². The highest BCUT2D eigenvalue weighted by molar-refractivity contribution is 6.00. The van der Waals surface area contributed by atoms with Crippen LogP contribution in [0.25, 0.3) is 0 Å². The first kappa shape index (κ1) is 13.3. The molecule has 0 aliphatic rings. The molecule has 1 rings (SSSR count). The smallest absolute Gasteiger partial charge is 0.352 e.